The molecule has 0 saturated heterocycles. The van der Waals surface area contributed by atoms with Crippen molar-refractivity contribution in [1.29, 1.82) is 0 Å². The molecule has 0 heterocycles. The Morgan fingerprint density at radius 2 is 2.05 bits per heavy atom. The first-order valence-corrected chi connectivity index (χ1v) is 7.95. The fourth-order valence-corrected chi connectivity index (χ4v) is 2.89. The largest absolute Gasteiger partial charge is 0.492 e. The Kier molecular flexibility index (Phi) is 6.05. The number of hydrogen-bond acceptors (Lipinski definition) is 3. The van der Waals surface area contributed by atoms with Gasteiger partial charge in [-0.3, -0.25) is 4.79 Å². The molecule has 2 atom stereocenters. The molecule has 1 aromatic rings. The van der Waals surface area contributed by atoms with Crippen LogP contribution in [0.3, 0.4) is 0 Å². The van der Waals surface area contributed by atoms with Crippen molar-refractivity contribution in [3.05, 3.63) is 24.3 Å². The first-order chi connectivity index (χ1) is 10.2. The molecule has 1 aliphatic rings. The van der Waals surface area contributed by atoms with Gasteiger partial charge in [0, 0.05) is 6.04 Å². The van der Waals surface area contributed by atoms with Crippen LogP contribution in [0.2, 0.25) is 0 Å². The van der Waals surface area contributed by atoms with E-state index < -0.39 is 0 Å². The number of benzene rings is 1. The van der Waals surface area contributed by atoms with Crippen molar-refractivity contribution >= 4 is 11.6 Å². The van der Waals surface area contributed by atoms with Crippen LogP contribution in [-0.2, 0) is 4.79 Å². The highest BCUT2D eigenvalue weighted by Crippen LogP contribution is 2.24. The SMILES string of the molecule is CCOc1ccccc1NC(=O)CN[C@H]1CCCC[C@@H]1C. The molecule has 0 spiro atoms. The van der Waals surface area contributed by atoms with Crippen molar-refractivity contribution in [2.45, 2.75) is 45.6 Å². The molecule has 0 radical (unpaired) electrons. The highest BCUT2D eigenvalue weighted by Gasteiger charge is 2.21. The second kappa shape index (κ2) is 8.03. The number of ether oxygens (including phenoxy) is 1. The van der Waals surface area contributed by atoms with Gasteiger partial charge in [0.15, 0.2) is 0 Å². The number of nitrogens with one attached hydrogen (secondary N) is 2. The second-order valence-electron chi connectivity index (χ2n) is 5.73. The van der Waals surface area contributed by atoms with E-state index in [9.17, 15) is 4.79 Å². The standard InChI is InChI=1S/C17H26N2O2/c1-3-21-16-11-7-6-10-15(16)19-17(20)12-18-14-9-5-4-8-13(14)2/h6-7,10-11,13-14,18H,3-5,8-9,12H2,1-2H3,(H,19,20)/t13-,14-/m0/s1. The number of para-hydroxylation sites is 2. The molecule has 1 amide bonds. The van der Waals surface area contributed by atoms with Gasteiger partial charge in [0.05, 0.1) is 18.8 Å². The zero-order valence-electron chi connectivity index (χ0n) is 13.0. The van der Waals surface area contributed by atoms with Gasteiger partial charge in [-0.05, 0) is 37.8 Å². The van der Waals surface area contributed by atoms with Gasteiger partial charge in [0.25, 0.3) is 0 Å². The summed E-state index contributed by atoms with van der Waals surface area (Å²) in [6.07, 6.45) is 5.00. The van der Waals surface area contributed by atoms with E-state index in [2.05, 4.69) is 17.6 Å². The van der Waals surface area contributed by atoms with Gasteiger partial charge in [-0.25, -0.2) is 0 Å². The van der Waals surface area contributed by atoms with E-state index in [4.69, 9.17) is 4.74 Å². The van der Waals surface area contributed by atoms with Crippen LogP contribution in [0, 0.1) is 5.92 Å². The van der Waals surface area contributed by atoms with E-state index in [0.29, 0.717) is 25.1 Å². The molecular weight excluding hydrogens is 264 g/mol. The first kappa shape index (κ1) is 15.8. The zero-order valence-corrected chi connectivity index (χ0v) is 13.0. The summed E-state index contributed by atoms with van der Waals surface area (Å²) < 4.78 is 5.51. The van der Waals surface area contributed by atoms with Crippen LogP contribution in [0.4, 0.5) is 5.69 Å². The molecule has 2 N–H and O–H groups in total. The highest BCUT2D eigenvalue weighted by molar-refractivity contribution is 5.93. The number of carbonyl (C=O) groups is 1. The summed E-state index contributed by atoms with van der Waals surface area (Å²) in [6.45, 7) is 5.14. The molecule has 1 aliphatic carbocycles. The molecule has 116 valence electrons. The monoisotopic (exact) mass is 290 g/mol. The van der Waals surface area contributed by atoms with E-state index in [1.165, 1.54) is 25.7 Å². The van der Waals surface area contributed by atoms with Gasteiger partial charge in [-0.15, -0.1) is 0 Å². The molecule has 21 heavy (non-hydrogen) atoms. The average Bonchev–Trinajstić information content (AvgIpc) is 2.49. The van der Waals surface area contributed by atoms with Crippen LogP contribution in [0.5, 0.6) is 5.75 Å². The van der Waals surface area contributed by atoms with Gasteiger partial charge in [0.2, 0.25) is 5.91 Å². The number of carbonyl (C=O) groups excluding carboxylic acids is 1. The van der Waals surface area contributed by atoms with Crippen molar-refractivity contribution in [2.75, 3.05) is 18.5 Å². The first-order valence-electron chi connectivity index (χ1n) is 7.95. The quantitative estimate of drug-likeness (QED) is 0.846. The Balaban J connectivity index is 1.84. The number of rotatable bonds is 6. The number of amides is 1. The van der Waals surface area contributed by atoms with Gasteiger partial charge in [0.1, 0.15) is 5.75 Å². The molecule has 0 bridgehead atoms. The topological polar surface area (TPSA) is 50.4 Å². The summed E-state index contributed by atoms with van der Waals surface area (Å²) >= 11 is 0. The molecule has 0 aromatic heterocycles. The summed E-state index contributed by atoms with van der Waals surface area (Å²) in [7, 11) is 0. The van der Waals surface area contributed by atoms with E-state index in [0.717, 1.165) is 11.4 Å². The zero-order chi connectivity index (χ0) is 15.1. The molecule has 1 fully saturated rings. The van der Waals surface area contributed by atoms with Crippen LogP contribution < -0.4 is 15.4 Å². The Morgan fingerprint density at radius 1 is 1.29 bits per heavy atom. The van der Waals surface area contributed by atoms with Crippen molar-refractivity contribution in [3.8, 4) is 5.75 Å². The highest BCUT2D eigenvalue weighted by atomic mass is 16.5. The average molecular weight is 290 g/mol. The van der Waals surface area contributed by atoms with Crippen LogP contribution in [-0.4, -0.2) is 25.1 Å². The van der Waals surface area contributed by atoms with Gasteiger partial charge in [-0.2, -0.15) is 0 Å². The van der Waals surface area contributed by atoms with Crippen molar-refractivity contribution in [3.63, 3.8) is 0 Å². The van der Waals surface area contributed by atoms with Gasteiger partial charge in [-0.1, -0.05) is 31.9 Å². The predicted molar refractivity (Wildman–Crippen MR) is 85.7 cm³/mol. The van der Waals surface area contributed by atoms with Crippen LogP contribution >= 0.6 is 0 Å². The molecule has 2 rings (SSSR count). The van der Waals surface area contributed by atoms with Crippen LogP contribution in [0.1, 0.15) is 39.5 Å². The van der Waals surface area contributed by atoms with E-state index in [1.54, 1.807) is 0 Å². The summed E-state index contributed by atoms with van der Waals surface area (Å²) in [5.74, 6) is 1.36. The Labute approximate surface area is 127 Å². The molecule has 1 aromatic carbocycles. The summed E-state index contributed by atoms with van der Waals surface area (Å²) in [6, 6.07) is 8.01. The molecule has 0 aliphatic heterocycles. The minimum Gasteiger partial charge on any atom is -0.492 e. The van der Waals surface area contributed by atoms with Crippen molar-refractivity contribution in [1.82, 2.24) is 5.32 Å². The minimum absolute atomic E-state index is 0.0140. The number of anilines is 1. The molecular formula is C17H26N2O2. The third-order valence-corrected chi connectivity index (χ3v) is 4.10. The predicted octanol–water partition coefficient (Wildman–Crippen LogP) is 3.19. The molecule has 4 heteroatoms. The third-order valence-electron chi connectivity index (χ3n) is 4.10. The van der Waals surface area contributed by atoms with E-state index >= 15 is 0 Å². The minimum atomic E-state index is -0.0140. The van der Waals surface area contributed by atoms with Crippen LogP contribution in [0.25, 0.3) is 0 Å². The lowest BCUT2D eigenvalue weighted by atomic mass is 9.86. The van der Waals surface area contributed by atoms with Gasteiger partial charge < -0.3 is 15.4 Å². The Bertz CT molecular complexity index is 462. The maximum Gasteiger partial charge on any atom is 0.238 e. The third kappa shape index (κ3) is 4.74. The molecule has 4 nitrogen and oxygen atoms in total. The Hall–Kier alpha value is -1.55. The van der Waals surface area contributed by atoms with E-state index in [-0.39, 0.29) is 5.91 Å². The summed E-state index contributed by atoms with van der Waals surface area (Å²) in [5, 5.41) is 6.31. The second-order valence-corrected chi connectivity index (χ2v) is 5.73. The fourth-order valence-electron chi connectivity index (χ4n) is 2.89. The van der Waals surface area contributed by atoms with E-state index in [1.807, 2.05) is 31.2 Å². The lowest BCUT2D eigenvalue weighted by Crippen LogP contribution is -2.41. The van der Waals surface area contributed by atoms with Crippen LogP contribution in [0.15, 0.2) is 24.3 Å². The Morgan fingerprint density at radius 3 is 2.81 bits per heavy atom. The summed E-state index contributed by atoms with van der Waals surface area (Å²) in [4.78, 5) is 12.1. The maximum absolute atomic E-state index is 12.1. The lowest BCUT2D eigenvalue weighted by Gasteiger charge is -2.29. The molecule has 0 unspecified atom stereocenters. The maximum atomic E-state index is 12.1. The smallest absolute Gasteiger partial charge is 0.238 e. The van der Waals surface area contributed by atoms with Crippen molar-refractivity contribution in [2.24, 2.45) is 5.92 Å². The molecule has 1 saturated carbocycles. The van der Waals surface area contributed by atoms with Crippen molar-refractivity contribution < 1.29 is 9.53 Å². The van der Waals surface area contributed by atoms with Gasteiger partial charge >= 0.3 is 0 Å². The number of hydrogen-bond donors (Lipinski definition) is 2. The lowest BCUT2D eigenvalue weighted by molar-refractivity contribution is -0.115. The summed E-state index contributed by atoms with van der Waals surface area (Å²) in [5.41, 5.74) is 0.739. The fraction of sp³-hybridized carbons (Fsp3) is 0.588. The normalized spacial score (nSPS) is 21.8.